The summed E-state index contributed by atoms with van der Waals surface area (Å²) in [5.74, 6) is 4.58. The van der Waals surface area contributed by atoms with Crippen LogP contribution in [0.2, 0.25) is 0 Å². The highest BCUT2D eigenvalue weighted by Crippen LogP contribution is 2.67. The Morgan fingerprint density at radius 2 is 1.52 bits per heavy atom. The van der Waals surface area contributed by atoms with Gasteiger partial charge in [0.25, 0.3) is 0 Å². The van der Waals surface area contributed by atoms with Gasteiger partial charge >= 0.3 is 0 Å². The number of rotatable bonds is 0. The minimum atomic E-state index is -0.422. The minimum Gasteiger partial charge on any atom is -0.390 e. The molecule has 0 radical (unpaired) electrons. The Morgan fingerprint density at radius 1 is 0.840 bits per heavy atom. The van der Waals surface area contributed by atoms with Crippen molar-refractivity contribution < 1.29 is 14.6 Å². The molecule has 5 aliphatic rings. The van der Waals surface area contributed by atoms with Crippen molar-refractivity contribution in [2.24, 2.45) is 40.9 Å². The molecule has 0 aromatic carbocycles. The van der Waals surface area contributed by atoms with E-state index in [1.165, 1.54) is 32.1 Å². The quantitative estimate of drug-likeness (QED) is 0.706. The molecule has 1 aliphatic heterocycles. The largest absolute Gasteiger partial charge is 0.390 e. The summed E-state index contributed by atoms with van der Waals surface area (Å²) in [6.45, 7) is 8.58. The van der Waals surface area contributed by atoms with Crippen LogP contribution in [0.25, 0.3) is 0 Å². The molecule has 4 aliphatic carbocycles. The first-order valence-electron chi connectivity index (χ1n) is 10.9. The number of aliphatic hydroxyl groups is 1. The van der Waals surface area contributed by atoms with E-state index >= 15 is 0 Å². The third kappa shape index (κ3) is 2.28. The minimum absolute atomic E-state index is 0.220. The smallest absolute Gasteiger partial charge is 0.174 e. The molecule has 5 fully saturated rings. The van der Waals surface area contributed by atoms with Gasteiger partial charge in [0.2, 0.25) is 0 Å². The van der Waals surface area contributed by atoms with Crippen LogP contribution in [0, 0.1) is 40.9 Å². The van der Waals surface area contributed by atoms with Crippen molar-refractivity contribution in [2.45, 2.75) is 83.5 Å². The van der Waals surface area contributed by atoms with Gasteiger partial charge in [0.1, 0.15) is 0 Å². The molecule has 8 unspecified atom stereocenters. The summed E-state index contributed by atoms with van der Waals surface area (Å²) in [6, 6.07) is 0. The second-order valence-electron chi connectivity index (χ2n) is 10.7. The lowest BCUT2D eigenvalue weighted by atomic mass is 9.47. The monoisotopic (exact) mass is 348 g/mol. The number of fused-ring (bicyclic) bond motifs is 6. The summed E-state index contributed by atoms with van der Waals surface area (Å²) in [6.07, 6.45) is 9.65. The van der Waals surface area contributed by atoms with E-state index in [1.807, 2.05) is 0 Å². The third-order valence-corrected chi connectivity index (χ3v) is 9.46. The van der Waals surface area contributed by atoms with Gasteiger partial charge in [-0.2, -0.15) is 0 Å². The fraction of sp³-hybridized carbons (Fsp3) is 1.00. The van der Waals surface area contributed by atoms with Gasteiger partial charge < -0.3 is 14.6 Å². The van der Waals surface area contributed by atoms with E-state index < -0.39 is 5.60 Å². The van der Waals surface area contributed by atoms with Crippen molar-refractivity contribution in [2.75, 3.05) is 13.2 Å². The molecule has 0 amide bonds. The maximum absolute atomic E-state index is 10.6. The van der Waals surface area contributed by atoms with Crippen molar-refractivity contribution >= 4 is 0 Å². The standard InChI is InChI=1S/C22H36O3/c1-14-12-17-15(16-4-7-20(2,23)13-18(14)16)5-8-21(3)19(17)6-9-22(21)24-10-11-25-22/h14-19,23H,4-13H2,1-3H3. The first-order valence-corrected chi connectivity index (χ1v) is 10.9. The molecule has 8 atom stereocenters. The number of hydrogen-bond acceptors (Lipinski definition) is 3. The second kappa shape index (κ2) is 5.45. The molecule has 3 nitrogen and oxygen atoms in total. The summed E-state index contributed by atoms with van der Waals surface area (Å²) in [5, 5.41) is 10.6. The summed E-state index contributed by atoms with van der Waals surface area (Å²) < 4.78 is 12.5. The van der Waals surface area contributed by atoms with E-state index in [0.717, 1.165) is 68.0 Å². The first kappa shape index (κ1) is 17.0. The van der Waals surface area contributed by atoms with Gasteiger partial charge in [0.05, 0.1) is 18.8 Å². The zero-order chi connectivity index (χ0) is 17.4. The zero-order valence-electron chi connectivity index (χ0n) is 16.3. The molecule has 4 saturated carbocycles. The van der Waals surface area contributed by atoms with Gasteiger partial charge in [-0.15, -0.1) is 0 Å². The summed E-state index contributed by atoms with van der Waals surface area (Å²) in [5.41, 5.74) is -0.203. The molecule has 1 spiro atoms. The van der Waals surface area contributed by atoms with Crippen LogP contribution in [0.3, 0.4) is 0 Å². The lowest BCUT2D eigenvalue weighted by molar-refractivity contribution is -0.245. The van der Waals surface area contributed by atoms with Gasteiger partial charge in [0.15, 0.2) is 5.79 Å². The Kier molecular flexibility index (Phi) is 3.71. The fourth-order valence-corrected chi connectivity index (χ4v) is 8.28. The predicted molar refractivity (Wildman–Crippen MR) is 96.9 cm³/mol. The van der Waals surface area contributed by atoms with Crippen LogP contribution in [-0.4, -0.2) is 29.7 Å². The summed E-state index contributed by atoms with van der Waals surface area (Å²) in [7, 11) is 0. The van der Waals surface area contributed by atoms with Gasteiger partial charge in [-0.3, -0.25) is 0 Å². The fourth-order valence-electron chi connectivity index (χ4n) is 8.28. The van der Waals surface area contributed by atoms with E-state index in [-0.39, 0.29) is 11.2 Å². The molecule has 0 aromatic heterocycles. The lowest BCUT2D eigenvalue weighted by Crippen LogP contribution is -2.56. The van der Waals surface area contributed by atoms with Crippen LogP contribution in [0.4, 0.5) is 0 Å². The van der Waals surface area contributed by atoms with Crippen LogP contribution >= 0.6 is 0 Å². The van der Waals surface area contributed by atoms with Crippen molar-refractivity contribution in [1.82, 2.24) is 0 Å². The van der Waals surface area contributed by atoms with E-state index in [2.05, 4.69) is 20.8 Å². The van der Waals surface area contributed by atoms with Crippen molar-refractivity contribution in [3.8, 4) is 0 Å². The van der Waals surface area contributed by atoms with Gasteiger partial charge in [-0.1, -0.05) is 13.8 Å². The average molecular weight is 349 g/mol. The van der Waals surface area contributed by atoms with Gasteiger partial charge in [0, 0.05) is 11.8 Å². The molecule has 0 aromatic rings. The Bertz CT molecular complexity index is 537. The van der Waals surface area contributed by atoms with Crippen LogP contribution < -0.4 is 0 Å². The molecule has 142 valence electrons. The highest BCUT2D eigenvalue weighted by Gasteiger charge is 2.66. The van der Waals surface area contributed by atoms with Crippen molar-refractivity contribution in [1.29, 1.82) is 0 Å². The van der Waals surface area contributed by atoms with E-state index in [0.29, 0.717) is 0 Å². The second-order valence-corrected chi connectivity index (χ2v) is 10.7. The lowest BCUT2D eigenvalue weighted by Gasteiger charge is -2.59. The predicted octanol–water partition coefficient (Wildman–Crippen LogP) is 4.38. The Labute approximate surface area is 152 Å². The Morgan fingerprint density at radius 3 is 2.28 bits per heavy atom. The van der Waals surface area contributed by atoms with Crippen molar-refractivity contribution in [3.05, 3.63) is 0 Å². The molecular formula is C22H36O3. The average Bonchev–Trinajstić information content (AvgIpc) is 3.15. The van der Waals surface area contributed by atoms with E-state index in [1.54, 1.807) is 0 Å². The van der Waals surface area contributed by atoms with Crippen LogP contribution in [0.1, 0.15) is 72.1 Å². The SMILES string of the molecule is CC1CC2C(CCC3(C)C2CCC32OCCO2)C2CCC(C)(O)CC12. The maximum Gasteiger partial charge on any atom is 0.174 e. The van der Waals surface area contributed by atoms with Crippen LogP contribution in [0.5, 0.6) is 0 Å². The summed E-state index contributed by atoms with van der Waals surface area (Å²) >= 11 is 0. The van der Waals surface area contributed by atoms with Gasteiger partial charge in [-0.05, 0) is 87.4 Å². The highest BCUT2D eigenvalue weighted by atomic mass is 16.7. The van der Waals surface area contributed by atoms with E-state index in [9.17, 15) is 5.11 Å². The van der Waals surface area contributed by atoms with Crippen LogP contribution in [0.15, 0.2) is 0 Å². The highest BCUT2D eigenvalue weighted by molar-refractivity contribution is 5.11. The molecule has 0 bridgehead atoms. The zero-order valence-corrected chi connectivity index (χ0v) is 16.3. The molecule has 5 rings (SSSR count). The topological polar surface area (TPSA) is 38.7 Å². The molecule has 1 N–H and O–H groups in total. The number of hydrogen-bond donors (Lipinski definition) is 1. The van der Waals surface area contributed by atoms with E-state index in [4.69, 9.17) is 9.47 Å². The Hall–Kier alpha value is -0.120. The molecule has 1 saturated heterocycles. The van der Waals surface area contributed by atoms with Crippen molar-refractivity contribution in [3.63, 3.8) is 0 Å². The first-order chi connectivity index (χ1) is 11.9. The maximum atomic E-state index is 10.6. The van der Waals surface area contributed by atoms with Gasteiger partial charge in [-0.25, -0.2) is 0 Å². The Balaban J connectivity index is 1.43. The number of ether oxygens (including phenoxy) is 2. The third-order valence-electron chi connectivity index (χ3n) is 9.46. The summed E-state index contributed by atoms with van der Waals surface area (Å²) in [4.78, 5) is 0. The normalized spacial score (nSPS) is 57.1. The molecule has 1 heterocycles. The molecular weight excluding hydrogens is 312 g/mol. The molecule has 25 heavy (non-hydrogen) atoms. The van der Waals surface area contributed by atoms with Crippen LogP contribution in [-0.2, 0) is 9.47 Å². The molecule has 3 heteroatoms.